The van der Waals surface area contributed by atoms with Crippen LogP contribution in [0.5, 0.6) is 0 Å². The molecule has 1 saturated carbocycles. The summed E-state index contributed by atoms with van der Waals surface area (Å²) in [7, 11) is 0. The molecule has 0 bridgehead atoms. The van der Waals surface area contributed by atoms with Crippen molar-refractivity contribution in [2.75, 3.05) is 19.6 Å². The lowest BCUT2D eigenvalue weighted by molar-refractivity contribution is 0.0710. The Bertz CT molecular complexity index is 737. The van der Waals surface area contributed by atoms with Crippen molar-refractivity contribution in [1.29, 1.82) is 0 Å². The fourth-order valence-electron chi connectivity index (χ4n) is 3.32. The Morgan fingerprint density at radius 1 is 1.08 bits per heavy atom. The summed E-state index contributed by atoms with van der Waals surface area (Å²) in [6.07, 6.45) is 4.82. The number of likely N-dealkylation sites (tertiary alicyclic amines) is 1. The summed E-state index contributed by atoms with van der Waals surface area (Å²) < 4.78 is 13.1. The molecule has 1 amide bonds. The van der Waals surface area contributed by atoms with E-state index in [9.17, 15) is 9.18 Å². The van der Waals surface area contributed by atoms with Crippen molar-refractivity contribution in [2.24, 2.45) is 5.92 Å². The number of rotatable bonds is 5. The van der Waals surface area contributed by atoms with Gasteiger partial charge in [-0.3, -0.25) is 4.79 Å². The molecule has 1 aliphatic carbocycles. The van der Waals surface area contributed by atoms with E-state index >= 15 is 0 Å². The maximum Gasteiger partial charge on any atom is 0.263 e. The number of hydrogen-bond donors (Lipinski definition) is 1. The second-order valence-corrected chi connectivity index (χ2v) is 8.17. The zero-order valence-corrected chi connectivity index (χ0v) is 16.3. The molecule has 1 saturated heterocycles. The maximum absolute atomic E-state index is 13.1. The van der Waals surface area contributed by atoms with Crippen molar-refractivity contribution < 1.29 is 9.18 Å². The average molecular weight is 395 g/mol. The molecule has 2 fully saturated rings. The average Bonchev–Trinajstić information content (AvgIpc) is 3.35. The molecule has 1 aromatic carbocycles. The van der Waals surface area contributed by atoms with E-state index in [2.05, 4.69) is 5.32 Å². The van der Waals surface area contributed by atoms with Crippen molar-refractivity contribution in [3.8, 4) is 10.4 Å². The Balaban J connectivity index is 0.00000196. The molecule has 0 atom stereocenters. The molecule has 4 rings (SSSR count). The summed E-state index contributed by atoms with van der Waals surface area (Å²) in [5.74, 6) is 0.782. The van der Waals surface area contributed by atoms with Crippen LogP contribution in [0.3, 0.4) is 0 Å². The van der Waals surface area contributed by atoms with Crippen LogP contribution in [-0.2, 0) is 0 Å². The number of nitrogens with one attached hydrogen (secondary N) is 1. The van der Waals surface area contributed by atoms with Crippen LogP contribution in [0.25, 0.3) is 10.4 Å². The first kappa shape index (κ1) is 19.3. The van der Waals surface area contributed by atoms with Gasteiger partial charge in [-0.1, -0.05) is 12.1 Å². The summed E-state index contributed by atoms with van der Waals surface area (Å²) in [6, 6.07) is 10.8. The molecular formula is C20H24ClFN2OS. The fourth-order valence-corrected chi connectivity index (χ4v) is 4.30. The summed E-state index contributed by atoms with van der Waals surface area (Å²) in [4.78, 5) is 16.5. The number of benzene rings is 1. The van der Waals surface area contributed by atoms with Gasteiger partial charge in [0, 0.05) is 24.0 Å². The maximum atomic E-state index is 13.1. The van der Waals surface area contributed by atoms with Gasteiger partial charge in [0.25, 0.3) is 5.91 Å². The molecule has 3 nitrogen and oxygen atoms in total. The molecule has 1 aliphatic heterocycles. The van der Waals surface area contributed by atoms with E-state index in [4.69, 9.17) is 0 Å². The van der Waals surface area contributed by atoms with Crippen LogP contribution in [0.2, 0.25) is 0 Å². The fraction of sp³-hybridized carbons (Fsp3) is 0.450. The van der Waals surface area contributed by atoms with Crippen molar-refractivity contribution in [1.82, 2.24) is 10.2 Å². The molecule has 0 radical (unpaired) electrons. The van der Waals surface area contributed by atoms with E-state index in [1.807, 2.05) is 17.0 Å². The van der Waals surface area contributed by atoms with E-state index in [0.29, 0.717) is 6.04 Å². The SMILES string of the molecule is Cl.O=C(c1ccc(-c2ccc(F)cc2)s1)N1CCC(NCC2CC2)CC1. The molecular weight excluding hydrogens is 371 g/mol. The van der Waals surface area contributed by atoms with Gasteiger partial charge in [-0.2, -0.15) is 0 Å². The molecule has 26 heavy (non-hydrogen) atoms. The van der Waals surface area contributed by atoms with Gasteiger partial charge in [-0.25, -0.2) is 4.39 Å². The Morgan fingerprint density at radius 3 is 2.42 bits per heavy atom. The second-order valence-electron chi connectivity index (χ2n) is 7.09. The first-order valence-corrected chi connectivity index (χ1v) is 9.89. The van der Waals surface area contributed by atoms with E-state index < -0.39 is 0 Å². The van der Waals surface area contributed by atoms with Crippen LogP contribution in [0.15, 0.2) is 36.4 Å². The quantitative estimate of drug-likeness (QED) is 0.804. The third-order valence-corrected chi connectivity index (χ3v) is 6.24. The zero-order chi connectivity index (χ0) is 17.2. The minimum Gasteiger partial charge on any atom is -0.338 e. The minimum absolute atomic E-state index is 0. The summed E-state index contributed by atoms with van der Waals surface area (Å²) in [5, 5.41) is 3.65. The van der Waals surface area contributed by atoms with Crippen LogP contribution in [0.1, 0.15) is 35.4 Å². The largest absolute Gasteiger partial charge is 0.338 e. The Hall–Kier alpha value is -1.43. The van der Waals surface area contributed by atoms with Gasteiger partial charge in [0.05, 0.1) is 4.88 Å². The highest BCUT2D eigenvalue weighted by Gasteiger charge is 2.26. The lowest BCUT2D eigenvalue weighted by Gasteiger charge is -2.32. The van der Waals surface area contributed by atoms with Crippen molar-refractivity contribution >= 4 is 29.7 Å². The number of halogens is 2. The van der Waals surface area contributed by atoms with E-state index in [1.54, 1.807) is 12.1 Å². The van der Waals surface area contributed by atoms with Gasteiger partial charge in [-0.15, -0.1) is 23.7 Å². The van der Waals surface area contributed by atoms with Crippen LogP contribution in [-0.4, -0.2) is 36.5 Å². The van der Waals surface area contributed by atoms with Crippen LogP contribution >= 0.6 is 23.7 Å². The van der Waals surface area contributed by atoms with E-state index in [-0.39, 0.29) is 24.1 Å². The standard InChI is InChI=1S/C20H23FN2OS.ClH/c21-16-5-3-15(4-6-16)18-7-8-19(25-18)20(24)23-11-9-17(10-12-23)22-13-14-1-2-14;/h3-8,14,17,22H,1-2,9-13H2;1H. The van der Waals surface area contributed by atoms with Gasteiger partial charge < -0.3 is 10.2 Å². The smallest absolute Gasteiger partial charge is 0.263 e. The molecule has 0 spiro atoms. The number of piperidine rings is 1. The molecule has 2 heterocycles. The van der Waals surface area contributed by atoms with Crippen LogP contribution < -0.4 is 5.32 Å². The first-order chi connectivity index (χ1) is 12.2. The number of nitrogens with zero attached hydrogens (tertiary/aromatic N) is 1. The lowest BCUT2D eigenvalue weighted by atomic mass is 10.0. The highest BCUT2D eigenvalue weighted by Crippen LogP contribution is 2.30. The molecule has 2 aromatic rings. The predicted molar refractivity (Wildman–Crippen MR) is 107 cm³/mol. The van der Waals surface area contributed by atoms with Crippen molar-refractivity contribution in [2.45, 2.75) is 31.7 Å². The summed E-state index contributed by atoms with van der Waals surface area (Å²) in [5.41, 5.74) is 0.952. The van der Waals surface area contributed by atoms with Crippen molar-refractivity contribution in [3.63, 3.8) is 0 Å². The monoisotopic (exact) mass is 394 g/mol. The molecule has 6 heteroatoms. The van der Waals surface area contributed by atoms with Gasteiger partial charge in [0.2, 0.25) is 0 Å². The zero-order valence-electron chi connectivity index (χ0n) is 14.6. The molecule has 0 unspecified atom stereocenters. The minimum atomic E-state index is -0.241. The van der Waals surface area contributed by atoms with E-state index in [1.165, 1.54) is 36.3 Å². The van der Waals surface area contributed by atoms with Gasteiger partial charge >= 0.3 is 0 Å². The van der Waals surface area contributed by atoms with Crippen LogP contribution in [0, 0.1) is 11.7 Å². The molecule has 2 aliphatic rings. The first-order valence-electron chi connectivity index (χ1n) is 9.07. The van der Waals surface area contributed by atoms with E-state index in [0.717, 1.165) is 53.7 Å². The normalized spacial score (nSPS) is 17.8. The number of thiophene rings is 1. The predicted octanol–water partition coefficient (Wildman–Crippen LogP) is 4.58. The highest BCUT2D eigenvalue weighted by atomic mass is 35.5. The highest BCUT2D eigenvalue weighted by molar-refractivity contribution is 7.17. The van der Waals surface area contributed by atoms with Gasteiger partial charge in [0.15, 0.2) is 0 Å². The third kappa shape index (κ3) is 4.64. The molecule has 1 aromatic heterocycles. The summed E-state index contributed by atoms with van der Waals surface area (Å²) in [6.45, 7) is 2.79. The number of hydrogen-bond acceptors (Lipinski definition) is 3. The Kier molecular flexibility index (Phi) is 6.33. The number of amides is 1. The third-order valence-electron chi connectivity index (χ3n) is 5.12. The topological polar surface area (TPSA) is 32.3 Å². The Labute approximate surface area is 164 Å². The number of carbonyl (C=O) groups excluding carboxylic acids is 1. The second kappa shape index (κ2) is 8.51. The van der Waals surface area contributed by atoms with Crippen molar-refractivity contribution in [3.05, 3.63) is 47.1 Å². The van der Waals surface area contributed by atoms with Crippen LogP contribution in [0.4, 0.5) is 4.39 Å². The van der Waals surface area contributed by atoms with Gasteiger partial charge in [-0.05, 0) is 68.0 Å². The lowest BCUT2D eigenvalue weighted by Crippen LogP contribution is -2.45. The Morgan fingerprint density at radius 2 is 1.77 bits per heavy atom. The number of carbonyl (C=O) groups is 1. The van der Waals surface area contributed by atoms with Gasteiger partial charge in [0.1, 0.15) is 5.82 Å². The summed E-state index contributed by atoms with van der Waals surface area (Å²) >= 11 is 1.49. The molecule has 140 valence electrons. The molecule has 1 N–H and O–H groups in total.